The first-order valence-electron chi connectivity index (χ1n) is 11.6. The summed E-state index contributed by atoms with van der Waals surface area (Å²) in [6.45, 7) is 5.07. The van der Waals surface area contributed by atoms with Crippen molar-refractivity contribution in [3.8, 4) is 5.75 Å². The van der Waals surface area contributed by atoms with Crippen LogP contribution in [0.4, 0.5) is 11.4 Å². The molecule has 0 fully saturated rings. The predicted octanol–water partition coefficient (Wildman–Crippen LogP) is 6.06. The Labute approximate surface area is 201 Å². The van der Waals surface area contributed by atoms with Crippen molar-refractivity contribution >= 4 is 23.3 Å². The molecule has 3 rings (SSSR count). The molecule has 0 unspecified atom stereocenters. The Morgan fingerprint density at radius 3 is 2.41 bits per heavy atom. The molecule has 0 aliphatic rings. The van der Waals surface area contributed by atoms with Crippen LogP contribution in [0.1, 0.15) is 53.2 Å². The van der Waals surface area contributed by atoms with E-state index in [0.29, 0.717) is 30.0 Å². The number of carbonyl (C=O) groups excluding carboxylic acids is 1. The average Bonchev–Trinajstić information content (AvgIpc) is 2.82. The van der Waals surface area contributed by atoms with E-state index in [-0.39, 0.29) is 18.9 Å². The van der Waals surface area contributed by atoms with Gasteiger partial charge < -0.3 is 20.5 Å². The molecule has 3 N–H and O–H groups in total. The van der Waals surface area contributed by atoms with Gasteiger partial charge in [0.1, 0.15) is 5.75 Å². The predicted molar refractivity (Wildman–Crippen MR) is 136 cm³/mol. The monoisotopic (exact) mass is 460 g/mol. The van der Waals surface area contributed by atoms with Gasteiger partial charge in [0.25, 0.3) is 5.91 Å². The van der Waals surface area contributed by atoms with E-state index in [2.05, 4.69) is 41.8 Å². The zero-order valence-electron chi connectivity index (χ0n) is 19.8. The van der Waals surface area contributed by atoms with Gasteiger partial charge in [-0.15, -0.1) is 0 Å². The number of carboxylic acids is 1. The lowest BCUT2D eigenvalue weighted by atomic mass is 10.1. The smallest absolute Gasteiger partial charge is 0.303 e. The summed E-state index contributed by atoms with van der Waals surface area (Å²) in [6, 6.07) is 21.5. The van der Waals surface area contributed by atoms with E-state index in [4.69, 9.17) is 9.84 Å². The molecular formula is C28H32N2O4. The standard InChI is InChI=1S/C28H32N2O4/c1-3-7-21-11-13-22(14-12-21)19-29-23-15-16-24(20(2)18-23)28(33)30-25-8-4-5-9-26(25)34-17-6-10-27(31)32/h4-5,8-9,11-16,18,29H,3,6-7,10,17,19H2,1-2H3,(H,30,33)(H,31,32). The summed E-state index contributed by atoms with van der Waals surface area (Å²) >= 11 is 0. The number of nitrogens with one attached hydrogen (secondary N) is 2. The number of carboxylic acid groups (broad SMARTS) is 1. The van der Waals surface area contributed by atoms with Crippen LogP contribution >= 0.6 is 0 Å². The maximum atomic E-state index is 12.9. The van der Waals surface area contributed by atoms with Crippen LogP contribution in [-0.4, -0.2) is 23.6 Å². The fraction of sp³-hybridized carbons (Fsp3) is 0.286. The van der Waals surface area contributed by atoms with Crippen molar-refractivity contribution < 1.29 is 19.4 Å². The van der Waals surface area contributed by atoms with Gasteiger partial charge in [-0.2, -0.15) is 0 Å². The lowest BCUT2D eigenvalue weighted by Crippen LogP contribution is -2.15. The molecule has 0 aliphatic carbocycles. The number of amides is 1. The van der Waals surface area contributed by atoms with Gasteiger partial charge in [0.2, 0.25) is 0 Å². The van der Waals surface area contributed by atoms with Crippen LogP contribution in [0.5, 0.6) is 5.75 Å². The normalized spacial score (nSPS) is 10.5. The highest BCUT2D eigenvalue weighted by atomic mass is 16.5. The molecule has 178 valence electrons. The van der Waals surface area contributed by atoms with Gasteiger partial charge in [-0.05, 0) is 66.8 Å². The van der Waals surface area contributed by atoms with Crippen molar-refractivity contribution in [1.82, 2.24) is 0 Å². The molecule has 0 aliphatic heterocycles. The molecule has 6 nitrogen and oxygen atoms in total. The third kappa shape index (κ3) is 7.37. The fourth-order valence-corrected chi connectivity index (χ4v) is 3.64. The maximum absolute atomic E-state index is 12.9. The van der Waals surface area contributed by atoms with Crippen LogP contribution in [0.3, 0.4) is 0 Å². The van der Waals surface area contributed by atoms with Gasteiger partial charge in [-0.1, -0.05) is 49.7 Å². The number of hydrogen-bond donors (Lipinski definition) is 3. The zero-order valence-corrected chi connectivity index (χ0v) is 19.8. The van der Waals surface area contributed by atoms with Crippen molar-refractivity contribution in [2.75, 3.05) is 17.2 Å². The number of carbonyl (C=O) groups is 2. The highest BCUT2D eigenvalue weighted by Crippen LogP contribution is 2.25. The number of ether oxygens (including phenoxy) is 1. The summed E-state index contributed by atoms with van der Waals surface area (Å²) < 4.78 is 5.68. The summed E-state index contributed by atoms with van der Waals surface area (Å²) in [5, 5.41) is 15.1. The molecule has 0 radical (unpaired) electrons. The molecule has 0 aromatic heterocycles. The Morgan fingerprint density at radius 1 is 0.971 bits per heavy atom. The molecule has 0 heterocycles. The van der Waals surface area contributed by atoms with E-state index in [1.165, 1.54) is 11.1 Å². The van der Waals surface area contributed by atoms with Crippen LogP contribution in [0.25, 0.3) is 0 Å². The minimum Gasteiger partial charge on any atom is -0.491 e. The molecule has 0 bridgehead atoms. The number of anilines is 2. The highest BCUT2D eigenvalue weighted by molar-refractivity contribution is 6.06. The van der Waals surface area contributed by atoms with E-state index >= 15 is 0 Å². The number of rotatable bonds is 12. The maximum Gasteiger partial charge on any atom is 0.303 e. The molecule has 34 heavy (non-hydrogen) atoms. The topological polar surface area (TPSA) is 87.7 Å². The first-order chi connectivity index (χ1) is 16.5. The first kappa shape index (κ1) is 24.8. The van der Waals surface area contributed by atoms with Crippen molar-refractivity contribution in [3.05, 3.63) is 89.0 Å². The van der Waals surface area contributed by atoms with E-state index in [0.717, 1.165) is 24.1 Å². The average molecular weight is 461 g/mol. The molecule has 3 aromatic rings. The Hall–Kier alpha value is -3.80. The Balaban J connectivity index is 1.59. The number of aryl methyl sites for hydroxylation is 2. The fourth-order valence-electron chi connectivity index (χ4n) is 3.64. The highest BCUT2D eigenvalue weighted by Gasteiger charge is 2.13. The third-order valence-corrected chi connectivity index (χ3v) is 5.46. The van der Waals surface area contributed by atoms with E-state index in [1.807, 2.05) is 37.3 Å². The second-order valence-corrected chi connectivity index (χ2v) is 8.25. The van der Waals surface area contributed by atoms with Crippen molar-refractivity contribution in [2.24, 2.45) is 0 Å². The molecule has 0 atom stereocenters. The second kappa shape index (κ2) is 12.4. The van der Waals surface area contributed by atoms with Crippen molar-refractivity contribution in [3.63, 3.8) is 0 Å². The number of hydrogen-bond acceptors (Lipinski definition) is 4. The summed E-state index contributed by atoms with van der Waals surface area (Å²) in [6.07, 6.45) is 2.67. The molecule has 0 spiro atoms. The van der Waals surface area contributed by atoms with E-state index in [1.54, 1.807) is 12.1 Å². The lowest BCUT2D eigenvalue weighted by molar-refractivity contribution is -0.137. The van der Waals surface area contributed by atoms with Gasteiger partial charge in [-0.3, -0.25) is 9.59 Å². The number of aliphatic carboxylic acids is 1. The summed E-state index contributed by atoms with van der Waals surface area (Å²) in [7, 11) is 0. The molecule has 1 amide bonds. The second-order valence-electron chi connectivity index (χ2n) is 8.25. The van der Waals surface area contributed by atoms with Crippen molar-refractivity contribution in [2.45, 2.75) is 46.1 Å². The van der Waals surface area contributed by atoms with Gasteiger partial charge >= 0.3 is 5.97 Å². The Kier molecular flexibility index (Phi) is 9.09. The quantitative estimate of drug-likeness (QED) is 0.286. The zero-order chi connectivity index (χ0) is 24.3. The van der Waals surface area contributed by atoms with Crippen LogP contribution in [0, 0.1) is 6.92 Å². The minimum absolute atomic E-state index is 0.0400. The van der Waals surface area contributed by atoms with Crippen LogP contribution < -0.4 is 15.4 Å². The minimum atomic E-state index is -0.858. The number of para-hydroxylation sites is 2. The third-order valence-electron chi connectivity index (χ3n) is 5.46. The SMILES string of the molecule is CCCc1ccc(CNc2ccc(C(=O)Nc3ccccc3OCCCC(=O)O)c(C)c2)cc1. The largest absolute Gasteiger partial charge is 0.491 e. The van der Waals surface area contributed by atoms with Gasteiger partial charge in [-0.25, -0.2) is 0 Å². The Morgan fingerprint density at radius 2 is 1.71 bits per heavy atom. The van der Waals surface area contributed by atoms with Crippen molar-refractivity contribution in [1.29, 1.82) is 0 Å². The Bertz CT molecular complexity index is 1110. The van der Waals surface area contributed by atoms with Crippen LogP contribution in [-0.2, 0) is 17.8 Å². The first-order valence-corrected chi connectivity index (χ1v) is 11.6. The lowest BCUT2D eigenvalue weighted by Gasteiger charge is -2.14. The molecule has 0 saturated heterocycles. The molecule has 0 saturated carbocycles. The van der Waals surface area contributed by atoms with Gasteiger partial charge in [0.15, 0.2) is 0 Å². The molecule has 6 heteroatoms. The van der Waals surface area contributed by atoms with Crippen LogP contribution in [0.15, 0.2) is 66.7 Å². The summed E-state index contributed by atoms with van der Waals surface area (Å²) in [5.74, 6) is -0.567. The van der Waals surface area contributed by atoms with E-state index in [9.17, 15) is 9.59 Å². The van der Waals surface area contributed by atoms with Crippen LogP contribution in [0.2, 0.25) is 0 Å². The summed E-state index contributed by atoms with van der Waals surface area (Å²) in [5.41, 5.74) is 5.50. The van der Waals surface area contributed by atoms with E-state index < -0.39 is 5.97 Å². The molecule has 3 aromatic carbocycles. The summed E-state index contributed by atoms with van der Waals surface area (Å²) in [4.78, 5) is 23.6. The molecular weight excluding hydrogens is 428 g/mol. The number of benzene rings is 3. The van der Waals surface area contributed by atoms with Gasteiger partial charge in [0, 0.05) is 24.2 Å². The van der Waals surface area contributed by atoms with Gasteiger partial charge in [0.05, 0.1) is 12.3 Å².